The summed E-state index contributed by atoms with van der Waals surface area (Å²) in [6.45, 7) is 5.39. The number of aryl methyl sites for hydroxylation is 1. The predicted octanol–water partition coefficient (Wildman–Crippen LogP) is 4.21. The zero-order valence-corrected chi connectivity index (χ0v) is 16.6. The molecule has 0 amide bonds. The Hall–Kier alpha value is -1.56. The minimum atomic E-state index is 0.0991. The van der Waals surface area contributed by atoms with Gasteiger partial charge < -0.3 is 19.9 Å². The average Bonchev–Trinajstić information content (AvgIpc) is 2.61. The summed E-state index contributed by atoms with van der Waals surface area (Å²) in [4.78, 5) is 0. The van der Waals surface area contributed by atoms with Gasteiger partial charge in [-0.05, 0) is 52.5 Å². The van der Waals surface area contributed by atoms with Crippen LogP contribution in [0.4, 0.5) is 0 Å². The molecule has 1 atom stereocenters. The van der Waals surface area contributed by atoms with E-state index in [2.05, 4.69) is 40.3 Å². The first kappa shape index (κ1) is 19.8. The smallest absolute Gasteiger partial charge is 0.175 e. The van der Waals surface area contributed by atoms with Gasteiger partial charge >= 0.3 is 0 Å². The van der Waals surface area contributed by atoms with Crippen molar-refractivity contribution in [3.8, 4) is 11.5 Å². The van der Waals surface area contributed by atoms with Crippen LogP contribution in [0.25, 0.3) is 0 Å². The second-order valence-electron chi connectivity index (χ2n) is 6.06. The van der Waals surface area contributed by atoms with Crippen LogP contribution in [0, 0.1) is 6.92 Å². The molecule has 2 aromatic carbocycles. The van der Waals surface area contributed by atoms with Gasteiger partial charge in [0.05, 0.1) is 18.2 Å². The van der Waals surface area contributed by atoms with Gasteiger partial charge in [-0.25, -0.2) is 0 Å². The number of ether oxygens (including phenoxy) is 2. The molecule has 0 unspecified atom stereocenters. The van der Waals surface area contributed by atoms with Crippen molar-refractivity contribution in [1.82, 2.24) is 5.32 Å². The van der Waals surface area contributed by atoms with Gasteiger partial charge in [-0.15, -0.1) is 0 Å². The van der Waals surface area contributed by atoms with Crippen LogP contribution < -0.4 is 14.8 Å². The Morgan fingerprint density at radius 1 is 1.20 bits per heavy atom. The molecular weight excluding hydrogens is 382 g/mol. The van der Waals surface area contributed by atoms with Crippen molar-refractivity contribution < 1.29 is 14.6 Å². The number of halogens is 1. The van der Waals surface area contributed by atoms with E-state index in [1.165, 1.54) is 5.56 Å². The summed E-state index contributed by atoms with van der Waals surface area (Å²) >= 11 is 3.59. The largest absolute Gasteiger partial charge is 0.493 e. The van der Waals surface area contributed by atoms with Gasteiger partial charge in [0, 0.05) is 12.6 Å². The Morgan fingerprint density at radius 3 is 2.64 bits per heavy atom. The van der Waals surface area contributed by atoms with Gasteiger partial charge in [0.25, 0.3) is 0 Å². The maximum atomic E-state index is 9.28. The standard InChI is InChI=1S/C20H26BrNO3/c1-4-17(12-23)22-11-16-9-18(21)20(19(10-16)24-3)25-13-15-7-5-6-14(2)8-15/h5-10,17,22-23H,4,11-13H2,1-3H3/t17-/m1/s1. The van der Waals surface area contributed by atoms with Crippen LogP contribution in [0.5, 0.6) is 11.5 Å². The Kier molecular flexibility index (Phi) is 7.75. The Balaban J connectivity index is 2.10. The molecule has 2 rings (SSSR count). The lowest BCUT2D eigenvalue weighted by Crippen LogP contribution is -2.31. The van der Waals surface area contributed by atoms with Crippen LogP contribution in [0.1, 0.15) is 30.0 Å². The van der Waals surface area contributed by atoms with Crippen LogP contribution in [0.2, 0.25) is 0 Å². The Labute approximate surface area is 158 Å². The van der Waals surface area contributed by atoms with E-state index in [1.807, 2.05) is 31.2 Å². The van der Waals surface area contributed by atoms with Crippen LogP contribution >= 0.6 is 15.9 Å². The first-order valence-corrected chi connectivity index (χ1v) is 9.25. The van der Waals surface area contributed by atoms with E-state index in [0.29, 0.717) is 24.7 Å². The van der Waals surface area contributed by atoms with E-state index < -0.39 is 0 Å². The van der Waals surface area contributed by atoms with Gasteiger partial charge in [0.1, 0.15) is 6.61 Å². The summed E-state index contributed by atoms with van der Waals surface area (Å²) in [5, 5.41) is 12.6. The normalized spacial score (nSPS) is 12.0. The van der Waals surface area contributed by atoms with Gasteiger partial charge in [-0.1, -0.05) is 36.8 Å². The highest BCUT2D eigenvalue weighted by Crippen LogP contribution is 2.37. The maximum absolute atomic E-state index is 9.28. The van der Waals surface area contributed by atoms with Gasteiger partial charge in [0.15, 0.2) is 11.5 Å². The number of benzene rings is 2. The van der Waals surface area contributed by atoms with Crippen molar-refractivity contribution in [3.05, 3.63) is 57.6 Å². The summed E-state index contributed by atoms with van der Waals surface area (Å²) in [5.41, 5.74) is 3.40. The van der Waals surface area contributed by atoms with Gasteiger partial charge in [-0.3, -0.25) is 0 Å². The molecule has 25 heavy (non-hydrogen) atoms. The highest BCUT2D eigenvalue weighted by atomic mass is 79.9. The SMILES string of the molecule is CC[C@H](CO)NCc1cc(Br)c(OCc2cccc(C)c2)c(OC)c1. The van der Waals surface area contributed by atoms with E-state index in [-0.39, 0.29) is 12.6 Å². The zero-order valence-electron chi connectivity index (χ0n) is 15.0. The second-order valence-corrected chi connectivity index (χ2v) is 6.91. The second kappa shape index (κ2) is 9.80. The number of aliphatic hydroxyl groups excluding tert-OH is 1. The lowest BCUT2D eigenvalue weighted by molar-refractivity contribution is 0.238. The summed E-state index contributed by atoms with van der Waals surface area (Å²) in [7, 11) is 1.64. The molecular formula is C20H26BrNO3. The van der Waals surface area contributed by atoms with Gasteiger partial charge in [0.2, 0.25) is 0 Å². The van der Waals surface area contributed by atoms with E-state index in [9.17, 15) is 5.11 Å². The highest BCUT2D eigenvalue weighted by molar-refractivity contribution is 9.10. The number of nitrogens with one attached hydrogen (secondary N) is 1. The summed E-state index contributed by atoms with van der Waals surface area (Å²) in [6.07, 6.45) is 0.881. The van der Waals surface area contributed by atoms with Crippen LogP contribution in [0.15, 0.2) is 40.9 Å². The van der Waals surface area contributed by atoms with E-state index >= 15 is 0 Å². The van der Waals surface area contributed by atoms with E-state index in [0.717, 1.165) is 22.0 Å². The summed E-state index contributed by atoms with van der Waals surface area (Å²) in [5.74, 6) is 1.39. The molecule has 5 heteroatoms. The fraction of sp³-hybridized carbons (Fsp3) is 0.400. The minimum absolute atomic E-state index is 0.0991. The van der Waals surface area contributed by atoms with E-state index in [1.54, 1.807) is 7.11 Å². The maximum Gasteiger partial charge on any atom is 0.175 e. The Morgan fingerprint density at radius 2 is 2.00 bits per heavy atom. The molecule has 0 saturated heterocycles. The van der Waals surface area contributed by atoms with Crippen LogP contribution in [-0.2, 0) is 13.2 Å². The fourth-order valence-corrected chi connectivity index (χ4v) is 3.18. The number of aliphatic hydroxyl groups is 1. The third-order valence-electron chi connectivity index (χ3n) is 4.06. The molecule has 0 aliphatic rings. The molecule has 0 fully saturated rings. The Bertz CT molecular complexity index is 687. The third kappa shape index (κ3) is 5.73. The molecule has 4 nitrogen and oxygen atoms in total. The van der Waals surface area contributed by atoms with Gasteiger partial charge in [-0.2, -0.15) is 0 Å². The molecule has 2 aromatic rings. The first-order chi connectivity index (χ1) is 12.1. The summed E-state index contributed by atoms with van der Waals surface area (Å²) < 4.78 is 12.4. The summed E-state index contributed by atoms with van der Waals surface area (Å²) in [6, 6.07) is 12.3. The lowest BCUT2D eigenvalue weighted by atomic mass is 10.1. The molecule has 0 saturated carbocycles. The quantitative estimate of drug-likeness (QED) is 0.653. The monoisotopic (exact) mass is 407 g/mol. The molecule has 0 aromatic heterocycles. The molecule has 0 bridgehead atoms. The number of hydrogen-bond acceptors (Lipinski definition) is 4. The molecule has 136 valence electrons. The van der Waals surface area contributed by atoms with Crippen molar-refractivity contribution >= 4 is 15.9 Å². The first-order valence-electron chi connectivity index (χ1n) is 8.46. The topological polar surface area (TPSA) is 50.7 Å². The predicted molar refractivity (Wildman–Crippen MR) is 104 cm³/mol. The molecule has 0 radical (unpaired) electrons. The molecule has 0 spiro atoms. The molecule has 2 N–H and O–H groups in total. The van der Waals surface area contributed by atoms with Crippen molar-refractivity contribution in [1.29, 1.82) is 0 Å². The van der Waals surface area contributed by atoms with Crippen LogP contribution in [0.3, 0.4) is 0 Å². The fourth-order valence-electron chi connectivity index (χ4n) is 2.57. The van der Waals surface area contributed by atoms with Crippen molar-refractivity contribution in [2.24, 2.45) is 0 Å². The van der Waals surface area contributed by atoms with Crippen LogP contribution in [-0.4, -0.2) is 24.9 Å². The van der Waals surface area contributed by atoms with Crippen molar-refractivity contribution in [2.45, 2.75) is 39.5 Å². The van der Waals surface area contributed by atoms with Crippen molar-refractivity contribution in [2.75, 3.05) is 13.7 Å². The number of rotatable bonds is 9. The number of hydrogen-bond donors (Lipinski definition) is 2. The molecule has 0 aliphatic carbocycles. The zero-order chi connectivity index (χ0) is 18.2. The molecule has 0 heterocycles. The lowest BCUT2D eigenvalue weighted by Gasteiger charge is -2.17. The van der Waals surface area contributed by atoms with E-state index in [4.69, 9.17) is 9.47 Å². The third-order valence-corrected chi connectivity index (χ3v) is 4.65. The average molecular weight is 408 g/mol. The minimum Gasteiger partial charge on any atom is -0.493 e. The van der Waals surface area contributed by atoms with Crippen molar-refractivity contribution in [3.63, 3.8) is 0 Å². The highest BCUT2D eigenvalue weighted by Gasteiger charge is 2.13. The molecule has 0 aliphatic heterocycles. The number of methoxy groups -OCH3 is 1.